The van der Waals surface area contributed by atoms with E-state index in [1.807, 2.05) is 6.07 Å². The van der Waals surface area contributed by atoms with E-state index in [1.165, 1.54) is 12.0 Å². The number of ketones is 1. The molecule has 1 aromatic heterocycles. The summed E-state index contributed by atoms with van der Waals surface area (Å²) in [5.74, 6) is -0.619. The Morgan fingerprint density at radius 2 is 1.86 bits per heavy atom. The van der Waals surface area contributed by atoms with Crippen LogP contribution in [-0.2, 0) is 9.59 Å². The summed E-state index contributed by atoms with van der Waals surface area (Å²) in [6, 6.07) is 16.4. The predicted octanol–water partition coefficient (Wildman–Crippen LogP) is 3.62. The van der Waals surface area contributed by atoms with Gasteiger partial charge < -0.3 is 14.4 Å². The van der Waals surface area contributed by atoms with Crippen molar-refractivity contribution in [3.63, 3.8) is 0 Å². The summed E-state index contributed by atoms with van der Waals surface area (Å²) in [4.78, 5) is 27.1. The van der Waals surface area contributed by atoms with Crippen LogP contribution in [0, 0.1) is 6.92 Å². The molecule has 7 nitrogen and oxygen atoms in total. The van der Waals surface area contributed by atoms with Crippen LogP contribution in [0.4, 0.5) is 5.82 Å². The molecule has 1 unspecified atom stereocenters. The topological polar surface area (TPSA) is 92.9 Å². The number of carbonyl (C=O) groups excluding carboxylic acids is 2. The van der Waals surface area contributed by atoms with Gasteiger partial charge in [-0.3, -0.25) is 14.5 Å². The molecule has 1 amide bonds. The molecule has 0 radical (unpaired) electrons. The number of aryl methyl sites for hydroxylation is 1. The Kier molecular flexibility index (Phi) is 4.64. The number of methoxy groups -OCH3 is 1. The molecule has 4 rings (SSSR count). The van der Waals surface area contributed by atoms with Crippen molar-refractivity contribution in [1.29, 1.82) is 0 Å². The highest BCUT2D eigenvalue weighted by Gasteiger charge is 2.48. The zero-order valence-electron chi connectivity index (χ0n) is 15.8. The number of anilines is 1. The first kappa shape index (κ1) is 18.5. The quantitative estimate of drug-likeness (QED) is 0.416. The van der Waals surface area contributed by atoms with Gasteiger partial charge in [0.25, 0.3) is 5.78 Å². The van der Waals surface area contributed by atoms with Crippen molar-refractivity contribution in [3.8, 4) is 5.75 Å². The minimum Gasteiger partial charge on any atom is -0.507 e. The predicted molar refractivity (Wildman–Crippen MR) is 105 cm³/mol. The molecule has 0 spiro atoms. The van der Waals surface area contributed by atoms with Gasteiger partial charge in [0.1, 0.15) is 17.3 Å². The summed E-state index contributed by atoms with van der Waals surface area (Å²) in [6.07, 6.45) is 0. The molecule has 0 aliphatic carbocycles. The van der Waals surface area contributed by atoms with Crippen LogP contribution in [0.5, 0.6) is 5.75 Å². The minimum atomic E-state index is -0.841. The Bertz CT molecular complexity index is 1120. The number of aliphatic hydroxyl groups is 1. The van der Waals surface area contributed by atoms with Crippen molar-refractivity contribution in [3.05, 3.63) is 83.1 Å². The lowest BCUT2D eigenvalue weighted by atomic mass is 9.95. The number of amides is 1. The lowest BCUT2D eigenvalue weighted by Crippen LogP contribution is -2.29. The highest BCUT2D eigenvalue weighted by Crippen LogP contribution is 2.42. The SMILES string of the molecule is COc1cccc(C(O)=C2C(=O)C(=O)N(c3cc(C)on3)C2c2ccccc2)c1. The fraction of sp³-hybridized carbons (Fsp3) is 0.136. The summed E-state index contributed by atoms with van der Waals surface area (Å²) in [7, 11) is 1.51. The van der Waals surface area contributed by atoms with Gasteiger partial charge in [-0.15, -0.1) is 0 Å². The smallest absolute Gasteiger partial charge is 0.301 e. The van der Waals surface area contributed by atoms with E-state index in [2.05, 4.69) is 5.16 Å². The lowest BCUT2D eigenvalue weighted by Gasteiger charge is -2.22. The number of aliphatic hydroxyl groups excluding tert-OH is 1. The molecule has 1 aliphatic rings. The molecular formula is C22H18N2O5. The average molecular weight is 390 g/mol. The molecule has 7 heteroatoms. The van der Waals surface area contributed by atoms with Crippen molar-refractivity contribution in [2.45, 2.75) is 13.0 Å². The number of Topliss-reactive ketones (excluding diaryl/α,β-unsaturated/α-hetero) is 1. The first-order chi connectivity index (χ1) is 14.0. The van der Waals surface area contributed by atoms with E-state index >= 15 is 0 Å². The lowest BCUT2D eigenvalue weighted by molar-refractivity contribution is -0.132. The standard InChI is InChI=1S/C22H18N2O5/c1-13-11-17(23-29-13)24-19(14-7-4-3-5-8-14)18(21(26)22(24)27)20(25)15-9-6-10-16(12-15)28-2/h3-12,19,25H,1-2H3. The summed E-state index contributed by atoms with van der Waals surface area (Å²) in [5.41, 5.74) is 1.02. The summed E-state index contributed by atoms with van der Waals surface area (Å²) < 4.78 is 10.3. The van der Waals surface area contributed by atoms with Crippen LogP contribution >= 0.6 is 0 Å². The number of benzene rings is 2. The normalized spacial score (nSPS) is 18.3. The Morgan fingerprint density at radius 3 is 2.52 bits per heavy atom. The van der Waals surface area contributed by atoms with Crippen LogP contribution in [0.15, 0.2) is 70.8 Å². The van der Waals surface area contributed by atoms with Crippen molar-refractivity contribution in [1.82, 2.24) is 5.16 Å². The highest BCUT2D eigenvalue weighted by atomic mass is 16.5. The van der Waals surface area contributed by atoms with Crippen molar-refractivity contribution >= 4 is 23.3 Å². The van der Waals surface area contributed by atoms with Gasteiger partial charge in [0.05, 0.1) is 18.7 Å². The highest BCUT2D eigenvalue weighted by molar-refractivity contribution is 6.51. The number of hydrogen-bond acceptors (Lipinski definition) is 6. The molecule has 2 aromatic carbocycles. The van der Waals surface area contributed by atoms with E-state index in [1.54, 1.807) is 61.5 Å². The van der Waals surface area contributed by atoms with Gasteiger partial charge >= 0.3 is 5.91 Å². The first-order valence-electron chi connectivity index (χ1n) is 8.95. The van der Waals surface area contributed by atoms with E-state index in [4.69, 9.17) is 9.26 Å². The Balaban J connectivity index is 1.93. The molecular weight excluding hydrogens is 372 g/mol. The summed E-state index contributed by atoms with van der Waals surface area (Å²) in [5, 5.41) is 14.9. The third-order valence-electron chi connectivity index (χ3n) is 4.77. The van der Waals surface area contributed by atoms with Gasteiger partial charge in [-0.05, 0) is 24.6 Å². The maximum absolute atomic E-state index is 13.0. The van der Waals surface area contributed by atoms with Crippen LogP contribution in [0.1, 0.15) is 22.9 Å². The molecule has 3 aromatic rings. The van der Waals surface area contributed by atoms with E-state index in [-0.39, 0.29) is 17.2 Å². The number of hydrogen-bond donors (Lipinski definition) is 1. The van der Waals surface area contributed by atoms with Crippen LogP contribution in [0.2, 0.25) is 0 Å². The zero-order valence-corrected chi connectivity index (χ0v) is 15.8. The van der Waals surface area contributed by atoms with Crippen LogP contribution in [-0.4, -0.2) is 29.1 Å². The molecule has 1 N–H and O–H groups in total. The van der Waals surface area contributed by atoms with Gasteiger partial charge in [0.15, 0.2) is 5.82 Å². The number of rotatable bonds is 4. The Labute approximate surface area is 166 Å². The molecule has 0 saturated carbocycles. The fourth-order valence-corrected chi connectivity index (χ4v) is 3.41. The van der Waals surface area contributed by atoms with Crippen LogP contribution in [0.25, 0.3) is 5.76 Å². The van der Waals surface area contributed by atoms with Gasteiger partial charge in [-0.25, -0.2) is 0 Å². The molecule has 0 bridgehead atoms. The monoisotopic (exact) mass is 390 g/mol. The van der Waals surface area contributed by atoms with Gasteiger partial charge in [0, 0.05) is 11.6 Å². The second-order valence-corrected chi connectivity index (χ2v) is 6.61. The molecule has 1 atom stereocenters. The first-order valence-corrected chi connectivity index (χ1v) is 8.95. The van der Waals surface area contributed by atoms with Crippen LogP contribution in [0.3, 0.4) is 0 Å². The van der Waals surface area contributed by atoms with Gasteiger partial charge in [-0.1, -0.05) is 47.6 Å². The van der Waals surface area contributed by atoms with Gasteiger partial charge in [0.2, 0.25) is 0 Å². The van der Waals surface area contributed by atoms with Crippen molar-refractivity contribution in [2.24, 2.45) is 0 Å². The molecule has 1 aliphatic heterocycles. The van der Waals surface area contributed by atoms with Crippen molar-refractivity contribution in [2.75, 3.05) is 12.0 Å². The maximum Gasteiger partial charge on any atom is 0.301 e. The molecule has 146 valence electrons. The molecule has 1 saturated heterocycles. The van der Waals surface area contributed by atoms with Crippen molar-refractivity contribution < 1.29 is 24.0 Å². The number of ether oxygens (including phenoxy) is 1. The Morgan fingerprint density at radius 1 is 1.10 bits per heavy atom. The zero-order chi connectivity index (χ0) is 20.5. The van der Waals surface area contributed by atoms with E-state index in [9.17, 15) is 14.7 Å². The maximum atomic E-state index is 13.0. The van der Waals surface area contributed by atoms with E-state index in [0.717, 1.165) is 0 Å². The molecule has 1 fully saturated rings. The number of aromatic nitrogens is 1. The molecule has 29 heavy (non-hydrogen) atoms. The summed E-state index contributed by atoms with van der Waals surface area (Å²) in [6.45, 7) is 1.70. The Hall–Kier alpha value is -3.87. The number of carbonyl (C=O) groups is 2. The summed E-state index contributed by atoms with van der Waals surface area (Å²) >= 11 is 0. The second-order valence-electron chi connectivity index (χ2n) is 6.61. The third-order valence-corrected chi connectivity index (χ3v) is 4.77. The minimum absolute atomic E-state index is 0.0184. The second kappa shape index (κ2) is 7.27. The van der Waals surface area contributed by atoms with Crippen LogP contribution < -0.4 is 9.64 Å². The fourth-order valence-electron chi connectivity index (χ4n) is 3.41. The molecule has 2 heterocycles. The number of nitrogens with zero attached hydrogens (tertiary/aromatic N) is 2. The third kappa shape index (κ3) is 3.16. The average Bonchev–Trinajstić information content (AvgIpc) is 3.29. The van der Waals surface area contributed by atoms with Gasteiger partial charge in [-0.2, -0.15) is 0 Å². The largest absolute Gasteiger partial charge is 0.507 e. The van der Waals surface area contributed by atoms with E-state index in [0.29, 0.717) is 22.6 Å². The van der Waals surface area contributed by atoms with E-state index < -0.39 is 17.7 Å².